The van der Waals surface area contributed by atoms with Crippen molar-refractivity contribution in [3.8, 4) is 0 Å². The molecule has 0 aromatic heterocycles. The zero-order chi connectivity index (χ0) is 56.1. The topological polar surface area (TPSA) is 175 Å². The minimum absolute atomic E-state index is 0.0719. The summed E-state index contributed by atoms with van der Waals surface area (Å²) in [5.41, 5.74) is 0. The summed E-state index contributed by atoms with van der Waals surface area (Å²) in [6.07, 6.45) is 57.8. The molecule has 77 heavy (non-hydrogen) atoms. The van der Waals surface area contributed by atoms with Crippen LogP contribution in [0.25, 0.3) is 0 Å². The molecule has 0 spiro atoms. The number of hydrogen-bond acceptors (Lipinski definition) is 11. The standard InChI is InChI=1S/C65H104O12/c1-4-7-10-13-16-19-22-25-27-28-29-30-32-35-38-41-44-47-50-53-59(68)76-63-61(70)60(69)62(64(71)72)77-65(63)74-55-56(75-58(67)52-49-46-43-40-37-33-24-21-18-15-12-9-6-3)54-73-57(66)51-48-45-42-39-36-34-31-26-23-20-17-14-11-8-5-2/h7,10,12,15-16,19,21,24-27,29-31,35,38,44,47,56,60-63,65,69-70H,4-6,8-9,11,13-14,17-18,20,22-23,28,32-34,36-37,39-43,45-46,48-55H2,1-3H3,(H,71,72)/b10-7-,15-12-,19-16-,24-21-,27-25-,30-29-,31-26-,38-35-,47-44-. The highest BCUT2D eigenvalue weighted by molar-refractivity contribution is 5.74. The highest BCUT2D eigenvalue weighted by Crippen LogP contribution is 2.26. The number of carbonyl (C=O) groups is 4. The van der Waals surface area contributed by atoms with E-state index in [-0.39, 0.29) is 25.9 Å². The first-order chi connectivity index (χ1) is 37.6. The van der Waals surface area contributed by atoms with Crippen molar-refractivity contribution in [1.29, 1.82) is 0 Å². The van der Waals surface area contributed by atoms with Crippen LogP contribution in [0.2, 0.25) is 0 Å². The van der Waals surface area contributed by atoms with Crippen molar-refractivity contribution in [3.05, 3.63) is 109 Å². The fourth-order valence-electron chi connectivity index (χ4n) is 8.25. The second-order valence-electron chi connectivity index (χ2n) is 19.9. The Labute approximate surface area is 465 Å². The van der Waals surface area contributed by atoms with Gasteiger partial charge in [-0.05, 0) is 109 Å². The molecule has 1 fully saturated rings. The molecule has 0 aromatic rings. The SMILES string of the molecule is CC/C=C\C/C=C\C/C=C\C/C=C\C/C=C\C/C=C\CCC(=O)OC1C(OCC(COC(=O)CCCCCCC/C=C\CCCCCCCC)OC(=O)CCCCCCC/C=C\C/C=C\CCC)OC(C(=O)O)C(O)C1O. The zero-order valence-corrected chi connectivity index (χ0v) is 47.9. The normalized spacial score (nSPS) is 18.8. The maximum Gasteiger partial charge on any atom is 0.335 e. The number of hydrogen-bond donors (Lipinski definition) is 3. The smallest absolute Gasteiger partial charge is 0.335 e. The van der Waals surface area contributed by atoms with Crippen LogP contribution in [0.5, 0.6) is 0 Å². The number of carboxylic acid groups (broad SMARTS) is 1. The molecule has 1 aliphatic heterocycles. The van der Waals surface area contributed by atoms with Gasteiger partial charge in [0.1, 0.15) is 18.8 Å². The van der Waals surface area contributed by atoms with Crippen LogP contribution in [0.15, 0.2) is 109 Å². The molecule has 0 amide bonds. The van der Waals surface area contributed by atoms with Gasteiger partial charge >= 0.3 is 23.9 Å². The molecule has 436 valence electrons. The van der Waals surface area contributed by atoms with Crippen LogP contribution in [0.4, 0.5) is 0 Å². The first-order valence-corrected chi connectivity index (χ1v) is 29.9. The van der Waals surface area contributed by atoms with E-state index in [2.05, 4.69) is 112 Å². The second kappa shape index (κ2) is 52.1. The Morgan fingerprint density at radius 3 is 1.36 bits per heavy atom. The lowest BCUT2D eigenvalue weighted by Gasteiger charge is -2.40. The molecule has 0 radical (unpaired) electrons. The van der Waals surface area contributed by atoms with E-state index < -0.39 is 67.3 Å². The van der Waals surface area contributed by atoms with Crippen molar-refractivity contribution in [2.24, 2.45) is 0 Å². The van der Waals surface area contributed by atoms with Gasteiger partial charge in [0.05, 0.1) is 6.61 Å². The summed E-state index contributed by atoms with van der Waals surface area (Å²) in [7, 11) is 0. The summed E-state index contributed by atoms with van der Waals surface area (Å²) in [5, 5.41) is 31.5. The van der Waals surface area contributed by atoms with E-state index in [1.165, 1.54) is 38.5 Å². The van der Waals surface area contributed by atoms with Crippen LogP contribution < -0.4 is 0 Å². The van der Waals surface area contributed by atoms with Crippen LogP contribution >= 0.6 is 0 Å². The Morgan fingerprint density at radius 2 is 0.870 bits per heavy atom. The number of aliphatic carboxylic acids is 1. The van der Waals surface area contributed by atoms with Gasteiger partial charge in [-0.1, -0.05) is 207 Å². The molecule has 12 heteroatoms. The monoisotopic (exact) mass is 1080 g/mol. The molecule has 12 nitrogen and oxygen atoms in total. The van der Waals surface area contributed by atoms with Crippen LogP contribution in [0.3, 0.4) is 0 Å². The third-order valence-corrected chi connectivity index (χ3v) is 12.8. The minimum Gasteiger partial charge on any atom is -0.479 e. The summed E-state index contributed by atoms with van der Waals surface area (Å²) in [6, 6.07) is 0. The van der Waals surface area contributed by atoms with Crippen molar-refractivity contribution < 1.29 is 58.2 Å². The molecule has 6 atom stereocenters. The molecule has 1 rings (SSSR count). The van der Waals surface area contributed by atoms with E-state index in [1.807, 2.05) is 18.2 Å². The summed E-state index contributed by atoms with van der Waals surface area (Å²) < 4.78 is 28.3. The first kappa shape index (κ1) is 70.4. The Kier molecular flexibility index (Phi) is 47.6. The van der Waals surface area contributed by atoms with Gasteiger partial charge in [-0.2, -0.15) is 0 Å². The van der Waals surface area contributed by atoms with E-state index in [4.69, 9.17) is 23.7 Å². The van der Waals surface area contributed by atoms with Gasteiger partial charge < -0.3 is 39.0 Å². The first-order valence-electron chi connectivity index (χ1n) is 29.9. The van der Waals surface area contributed by atoms with Gasteiger partial charge in [0.25, 0.3) is 0 Å². The largest absolute Gasteiger partial charge is 0.479 e. The maximum atomic E-state index is 13.1. The van der Waals surface area contributed by atoms with Crippen LogP contribution in [-0.2, 0) is 42.9 Å². The Hall–Kier alpha value is -4.62. The fraction of sp³-hybridized carbons (Fsp3) is 0.662. The molecular weight excluding hydrogens is 973 g/mol. The number of allylic oxidation sites excluding steroid dienone is 18. The number of aliphatic hydroxyl groups is 2. The highest BCUT2D eigenvalue weighted by atomic mass is 16.7. The summed E-state index contributed by atoms with van der Waals surface area (Å²) in [5.74, 6) is -3.27. The number of carbonyl (C=O) groups excluding carboxylic acids is 3. The Balaban J connectivity index is 2.74. The summed E-state index contributed by atoms with van der Waals surface area (Å²) >= 11 is 0. The third-order valence-electron chi connectivity index (χ3n) is 12.8. The maximum absolute atomic E-state index is 13.1. The molecule has 0 saturated carbocycles. The average Bonchev–Trinajstić information content (AvgIpc) is 3.42. The highest BCUT2D eigenvalue weighted by Gasteiger charge is 2.50. The number of esters is 3. The van der Waals surface area contributed by atoms with E-state index >= 15 is 0 Å². The van der Waals surface area contributed by atoms with Crippen molar-refractivity contribution in [2.75, 3.05) is 13.2 Å². The van der Waals surface area contributed by atoms with Gasteiger partial charge in [0.15, 0.2) is 24.6 Å². The molecule has 1 aliphatic rings. The van der Waals surface area contributed by atoms with Gasteiger partial charge in [-0.15, -0.1) is 0 Å². The van der Waals surface area contributed by atoms with E-state index in [0.29, 0.717) is 25.7 Å². The van der Waals surface area contributed by atoms with E-state index in [0.717, 1.165) is 122 Å². The van der Waals surface area contributed by atoms with Crippen LogP contribution in [0.1, 0.15) is 226 Å². The van der Waals surface area contributed by atoms with Crippen molar-refractivity contribution in [1.82, 2.24) is 0 Å². The fourth-order valence-corrected chi connectivity index (χ4v) is 8.25. The lowest BCUT2D eigenvalue weighted by molar-refractivity contribution is -0.301. The average molecular weight is 1080 g/mol. The lowest BCUT2D eigenvalue weighted by atomic mass is 9.98. The zero-order valence-electron chi connectivity index (χ0n) is 47.9. The van der Waals surface area contributed by atoms with Crippen LogP contribution in [-0.4, -0.2) is 89.2 Å². The number of rotatable bonds is 49. The predicted octanol–water partition coefficient (Wildman–Crippen LogP) is 15.4. The summed E-state index contributed by atoms with van der Waals surface area (Å²) in [4.78, 5) is 51.1. The van der Waals surface area contributed by atoms with Crippen molar-refractivity contribution in [2.45, 2.75) is 263 Å². The molecule has 1 heterocycles. The van der Waals surface area contributed by atoms with Crippen LogP contribution in [0, 0.1) is 0 Å². The summed E-state index contributed by atoms with van der Waals surface area (Å²) in [6.45, 7) is 5.75. The Morgan fingerprint density at radius 1 is 0.442 bits per heavy atom. The second-order valence-corrected chi connectivity index (χ2v) is 19.9. The minimum atomic E-state index is -1.94. The van der Waals surface area contributed by atoms with E-state index in [1.54, 1.807) is 0 Å². The number of carboxylic acids is 1. The molecular formula is C65H104O12. The van der Waals surface area contributed by atoms with E-state index in [9.17, 15) is 34.5 Å². The Bertz CT molecular complexity index is 1750. The van der Waals surface area contributed by atoms with Gasteiger partial charge in [-0.3, -0.25) is 14.4 Å². The quantitative estimate of drug-likeness (QED) is 0.0228. The number of ether oxygens (including phenoxy) is 5. The molecule has 0 aliphatic carbocycles. The molecule has 0 bridgehead atoms. The third kappa shape index (κ3) is 42.1. The predicted molar refractivity (Wildman–Crippen MR) is 312 cm³/mol. The molecule has 1 saturated heterocycles. The van der Waals surface area contributed by atoms with Gasteiger partial charge in [0.2, 0.25) is 0 Å². The van der Waals surface area contributed by atoms with Gasteiger partial charge in [-0.25, -0.2) is 4.79 Å². The number of unbranched alkanes of at least 4 members (excludes halogenated alkanes) is 17. The molecule has 0 aromatic carbocycles. The number of aliphatic hydroxyl groups excluding tert-OH is 2. The van der Waals surface area contributed by atoms with Gasteiger partial charge in [0, 0.05) is 19.3 Å². The van der Waals surface area contributed by atoms with Crippen molar-refractivity contribution >= 4 is 23.9 Å². The van der Waals surface area contributed by atoms with Crippen molar-refractivity contribution in [3.63, 3.8) is 0 Å². The molecule has 6 unspecified atom stereocenters. The lowest BCUT2D eigenvalue weighted by Crippen LogP contribution is -2.61. The molecule has 3 N–H and O–H groups in total.